The number of hydrogen-bond donors (Lipinski definition) is 1. The summed E-state index contributed by atoms with van der Waals surface area (Å²) in [5.74, 6) is 0.479. The Bertz CT molecular complexity index is 827. The third-order valence-electron chi connectivity index (χ3n) is 6.38. The van der Waals surface area contributed by atoms with Gasteiger partial charge in [-0.25, -0.2) is 4.79 Å². The number of carbonyl (C=O) groups excluding carboxylic acids is 2. The van der Waals surface area contributed by atoms with Gasteiger partial charge in [-0.3, -0.25) is 14.6 Å². The molecule has 0 saturated carbocycles. The summed E-state index contributed by atoms with van der Waals surface area (Å²) in [6, 6.07) is 7.69. The van der Waals surface area contributed by atoms with E-state index in [4.69, 9.17) is 4.74 Å². The van der Waals surface area contributed by atoms with Gasteiger partial charge in [0.05, 0.1) is 37.1 Å². The van der Waals surface area contributed by atoms with E-state index in [-0.39, 0.29) is 18.0 Å². The first kappa shape index (κ1) is 20.9. The van der Waals surface area contributed by atoms with Crippen molar-refractivity contribution < 1.29 is 14.3 Å². The first-order chi connectivity index (χ1) is 14.5. The van der Waals surface area contributed by atoms with Crippen molar-refractivity contribution in [2.45, 2.75) is 32.2 Å². The molecule has 1 saturated heterocycles. The zero-order valence-electron chi connectivity index (χ0n) is 18.2. The van der Waals surface area contributed by atoms with Crippen molar-refractivity contribution in [3.05, 3.63) is 46.7 Å². The van der Waals surface area contributed by atoms with E-state index in [2.05, 4.69) is 36.2 Å². The van der Waals surface area contributed by atoms with Crippen LogP contribution in [0.2, 0.25) is 0 Å². The summed E-state index contributed by atoms with van der Waals surface area (Å²) in [6.45, 7) is 9.96. The molecule has 0 aliphatic carbocycles. The lowest BCUT2D eigenvalue weighted by Gasteiger charge is -2.31. The van der Waals surface area contributed by atoms with Gasteiger partial charge in [-0.1, -0.05) is 38.1 Å². The number of benzene rings is 1. The van der Waals surface area contributed by atoms with Gasteiger partial charge >= 0.3 is 6.03 Å². The molecule has 7 nitrogen and oxygen atoms in total. The van der Waals surface area contributed by atoms with E-state index in [1.54, 1.807) is 11.9 Å². The Hall–Kier alpha value is -2.38. The number of rotatable bonds is 6. The summed E-state index contributed by atoms with van der Waals surface area (Å²) in [7, 11) is 1.74. The summed E-state index contributed by atoms with van der Waals surface area (Å²) >= 11 is 0. The summed E-state index contributed by atoms with van der Waals surface area (Å²) in [5, 5.41) is 3.02. The third-order valence-corrected chi connectivity index (χ3v) is 6.38. The van der Waals surface area contributed by atoms with Gasteiger partial charge in [-0.15, -0.1) is 0 Å². The van der Waals surface area contributed by atoms with Gasteiger partial charge in [0.2, 0.25) is 0 Å². The molecule has 0 aromatic heterocycles. The van der Waals surface area contributed by atoms with Crippen LogP contribution in [-0.2, 0) is 9.53 Å². The predicted octanol–water partition coefficient (Wildman–Crippen LogP) is 2.32. The van der Waals surface area contributed by atoms with E-state index in [9.17, 15) is 9.59 Å². The molecular weight excluding hydrogens is 380 g/mol. The molecule has 7 heteroatoms. The van der Waals surface area contributed by atoms with Gasteiger partial charge in [0.1, 0.15) is 0 Å². The van der Waals surface area contributed by atoms with Crippen LogP contribution in [0.25, 0.3) is 0 Å². The Balaban J connectivity index is 1.47. The molecule has 4 rings (SSSR count). The lowest BCUT2D eigenvalue weighted by Crippen LogP contribution is -2.45. The highest BCUT2D eigenvalue weighted by Crippen LogP contribution is 2.36. The normalized spacial score (nSPS) is 22.7. The number of ether oxygens (including phenoxy) is 1. The second-order valence-electron chi connectivity index (χ2n) is 8.66. The van der Waals surface area contributed by atoms with E-state index in [0.717, 1.165) is 50.5 Å². The number of carbonyl (C=O) groups is 2. The highest BCUT2D eigenvalue weighted by atomic mass is 16.5. The van der Waals surface area contributed by atoms with Crippen molar-refractivity contribution in [3.63, 3.8) is 0 Å². The number of urea groups is 1. The van der Waals surface area contributed by atoms with Crippen molar-refractivity contribution in [1.29, 1.82) is 0 Å². The second-order valence-corrected chi connectivity index (χ2v) is 8.66. The first-order valence-electron chi connectivity index (χ1n) is 10.9. The minimum absolute atomic E-state index is 0.0387. The van der Waals surface area contributed by atoms with Gasteiger partial charge in [0.25, 0.3) is 5.91 Å². The SMILES string of the molecule is CC(C)c1ccc(C2NC(=O)N(C)C3=C2C(=O)N(CCCN2CCOCC2)C3)cc1. The van der Waals surface area contributed by atoms with E-state index >= 15 is 0 Å². The Morgan fingerprint density at radius 3 is 2.47 bits per heavy atom. The van der Waals surface area contributed by atoms with Crippen LogP contribution in [-0.4, -0.2) is 79.6 Å². The molecule has 1 unspecified atom stereocenters. The van der Waals surface area contributed by atoms with Crippen LogP contribution in [0.5, 0.6) is 0 Å². The first-order valence-corrected chi connectivity index (χ1v) is 10.9. The van der Waals surface area contributed by atoms with Gasteiger partial charge in [0.15, 0.2) is 0 Å². The van der Waals surface area contributed by atoms with E-state index in [1.807, 2.05) is 17.0 Å². The Morgan fingerprint density at radius 2 is 1.80 bits per heavy atom. The number of nitrogens with one attached hydrogen (secondary N) is 1. The summed E-state index contributed by atoms with van der Waals surface area (Å²) < 4.78 is 5.40. The van der Waals surface area contributed by atoms with Crippen LogP contribution >= 0.6 is 0 Å². The molecule has 0 spiro atoms. The standard InChI is InChI=1S/C23H32N4O3/c1-16(2)17-5-7-18(8-6-17)21-20-19(25(3)23(29)24-21)15-27(22(20)28)10-4-9-26-11-13-30-14-12-26/h5-8,16,21H,4,9-15H2,1-3H3,(H,24,29). The molecule has 1 N–H and O–H groups in total. The lowest BCUT2D eigenvalue weighted by atomic mass is 9.93. The number of amides is 3. The molecule has 0 radical (unpaired) electrons. The summed E-state index contributed by atoms with van der Waals surface area (Å²) in [4.78, 5) is 31.7. The maximum absolute atomic E-state index is 13.3. The summed E-state index contributed by atoms with van der Waals surface area (Å²) in [5.41, 5.74) is 3.74. The topological polar surface area (TPSA) is 65.1 Å². The molecule has 1 aromatic carbocycles. The average Bonchev–Trinajstić information content (AvgIpc) is 3.08. The van der Waals surface area contributed by atoms with E-state index < -0.39 is 0 Å². The maximum Gasteiger partial charge on any atom is 0.322 e. The van der Waals surface area contributed by atoms with Crippen LogP contribution in [0.15, 0.2) is 35.5 Å². The zero-order chi connectivity index (χ0) is 21.3. The number of morpholine rings is 1. The van der Waals surface area contributed by atoms with Crippen LogP contribution in [0.4, 0.5) is 4.79 Å². The predicted molar refractivity (Wildman–Crippen MR) is 115 cm³/mol. The summed E-state index contributed by atoms with van der Waals surface area (Å²) in [6.07, 6.45) is 0.922. The van der Waals surface area contributed by atoms with Gasteiger partial charge < -0.3 is 15.0 Å². The Kier molecular flexibility index (Phi) is 6.11. The fourth-order valence-electron chi connectivity index (χ4n) is 4.44. The molecule has 1 aromatic rings. The molecule has 1 fully saturated rings. The van der Waals surface area contributed by atoms with Crippen LogP contribution in [0, 0.1) is 0 Å². The van der Waals surface area contributed by atoms with E-state index in [1.165, 1.54) is 5.56 Å². The smallest absolute Gasteiger partial charge is 0.322 e. The molecule has 162 valence electrons. The maximum atomic E-state index is 13.3. The van der Waals surface area contributed by atoms with Crippen LogP contribution in [0.3, 0.4) is 0 Å². The molecule has 3 heterocycles. The molecule has 1 atom stereocenters. The van der Waals surface area contributed by atoms with Crippen LogP contribution < -0.4 is 5.32 Å². The second kappa shape index (κ2) is 8.78. The lowest BCUT2D eigenvalue weighted by molar-refractivity contribution is -0.125. The molecular formula is C23H32N4O3. The fourth-order valence-corrected chi connectivity index (χ4v) is 4.44. The van der Waals surface area contributed by atoms with Gasteiger partial charge in [-0.2, -0.15) is 0 Å². The highest BCUT2D eigenvalue weighted by molar-refractivity contribution is 6.01. The van der Waals surface area contributed by atoms with Crippen LogP contribution in [0.1, 0.15) is 43.4 Å². The highest BCUT2D eigenvalue weighted by Gasteiger charge is 2.42. The Labute approximate surface area is 178 Å². The largest absolute Gasteiger partial charge is 0.379 e. The minimum Gasteiger partial charge on any atom is -0.379 e. The minimum atomic E-state index is -0.387. The molecule has 0 bridgehead atoms. The van der Waals surface area contributed by atoms with E-state index in [0.29, 0.717) is 24.6 Å². The quantitative estimate of drug-likeness (QED) is 0.779. The zero-order valence-corrected chi connectivity index (χ0v) is 18.2. The number of nitrogens with zero attached hydrogens (tertiary/aromatic N) is 3. The number of hydrogen-bond acceptors (Lipinski definition) is 4. The third kappa shape index (κ3) is 4.09. The number of likely N-dealkylation sites (N-methyl/N-ethyl adjacent to an activating group) is 1. The Morgan fingerprint density at radius 1 is 1.10 bits per heavy atom. The fraction of sp³-hybridized carbons (Fsp3) is 0.565. The monoisotopic (exact) mass is 412 g/mol. The van der Waals surface area contributed by atoms with Crippen molar-refractivity contribution in [2.75, 3.05) is 53.0 Å². The molecule has 3 aliphatic rings. The average molecular weight is 413 g/mol. The van der Waals surface area contributed by atoms with Crippen molar-refractivity contribution >= 4 is 11.9 Å². The van der Waals surface area contributed by atoms with Gasteiger partial charge in [-0.05, 0) is 23.5 Å². The molecule has 3 aliphatic heterocycles. The van der Waals surface area contributed by atoms with Crippen molar-refractivity contribution in [2.24, 2.45) is 0 Å². The molecule has 30 heavy (non-hydrogen) atoms. The van der Waals surface area contributed by atoms with Gasteiger partial charge in [0, 0.05) is 33.2 Å². The molecule has 3 amide bonds. The van der Waals surface area contributed by atoms with Crippen molar-refractivity contribution in [1.82, 2.24) is 20.0 Å². The van der Waals surface area contributed by atoms with Crippen molar-refractivity contribution in [3.8, 4) is 0 Å².